The van der Waals surface area contributed by atoms with Gasteiger partial charge in [-0.2, -0.15) is 0 Å². The van der Waals surface area contributed by atoms with Gasteiger partial charge >= 0.3 is 0 Å². The minimum atomic E-state index is -0.201. The smallest absolute Gasteiger partial charge is 0.255 e. The van der Waals surface area contributed by atoms with Gasteiger partial charge in [-0.3, -0.25) is 4.79 Å². The maximum absolute atomic E-state index is 11.6. The summed E-state index contributed by atoms with van der Waals surface area (Å²) in [4.78, 5) is 18.4. The first kappa shape index (κ1) is 11.3. The van der Waals surface area contributed by atoms with Crippen molar-refractivity contribution < 1.29 is 4.74 Å². The molecule has 0 saturated heterocycles. The molecule has 5 nitrogen and oxygen atoms in total. The predicted molar refractivity (Wildman–Crippen MR) is 64.7 cm³/mol. The Morgan fingerprint density at radius 1 is 1.35 bits per heavy atom. The van der Waals surface area contributed by atoms with Crippen molar-refractivity contribution >= 4 is 0 Å². The molecule has 0 fully saturated rings. The molecule has 0 aliphatic carbocycles. The summed E-state index contributed by atoms with van der Waals surface area (Å²) in [5.41, 5.74) is 6.50. The summed E-state index contributed by atoms with van der Waals surface area (Å²) >= 11 is 0. The number of rotatable bonds is 3. The molecule has 0 radical (unpaired) electrons. The van der Waals surface area contributed by atoms with Crippen LogP contribution < -0.4 is 16.0 Å². The maximum atomic E-state index is 11.6. The Labute approximate surface area is 98.3 Å². The molecular formula is C12H13N3O2. The lowest BCUT2D eigenvalue weighted by Gasteiger charge is -2.03. The number of aromatic nitrogens is 2. The third-order valence-corrected chi connectivity index (χ3v) is 2.46. The van der Waals surface area contributed by atoms with Gasteiger partial charge in [-0.05, 0) is 24.3 Å². The van der Waals surface area contributed by atoms with Gasteiger partial charge in [-0.1, -0.05) is 0 Å². The van der Waals surface area contributed by atoms with Crippen molar-refractivity contribution in [2.24, 2.45) is 5.73 Å². The Kier molecular flexibility index (Phi) is 3.20. The van der Waals surface area contributed by atoms with Gasteiger partial charge in [-0.25, -0.2) is 4.98 Å². The second-order valence-electron chi connectivity index (χ2n) is 3.52. The van der Waals surface area contributed by atoms with Gasteiger partial charge in [0.2, 0.25) is 0 Å². The second-order valence-corrected chi connectivity index (χ2v) is 3.52. The zero-order valence-corrected chi connectivity index (χ0v) is 9.43. The molecule has 0 aliphatic heterocycles. The topological polar surface area (TPSA) is 81.0 Å². The van der Waals surface area contributed by atoms with Crippen molar-refractivity contribution in [3.8, 4) is 17.1 Å². The first-order chi connectivity index (χ1) is 8.24. The lowest BCUT2D eigenvalue weighted by Crippen LogP contribution is -2.17. The molecule has 3 N–H and O–H groups in total. The molecule has 0 aliphatic rings. The Hall–Kier alpha value is -2.14. The van der Waals surface area contributed by atoms with Gasteiger partial charge in [0.05, 0.1) is 7.11 Å². The van der Waals surface area contributed by atoms with E-state index >= 15 is 0 Å². The standard InChI is InChI=1S/C12H13N3O2/c1-17-10-4-2-8(3-5-10)11-14-7-9(6-13)12(16)15-11/h2-5,7H,6,13H2,1H3,(H,14,15,16). The number of hydrogen-bond donors (Lipinski definition) is 2. The van der Waals surface area contributed by atoms with Crippen LogP contribution in [-0.2, 0) is 6.54 Å². The van der Waals surface area contributed by atoms with E-state index in [2.05, 4.69) is 9.97 Å². The molecule has 0 atom stereocenters. The van der Waals surface area contributed by atoms with E-state index in [1.807, 2.05) is 24.3 Å². The zero-order chi connectivity index (χ0) is 12.3. The largest absolute Gasteiger partial charge is 0.497 e. The molecule has 0 spiro atoms. The van der Waals surface area contributed by atoms with E-state index in [0.29, 0.717) is 11.4 Å². The zero-order valence-electron chi connectivity index (χ0n) is 9.43. The summed E-state index contributed by atoms with van der Waals surface area (Å²) in [6.07, 6.45) is 1.50. The lowest BCUT2D eigenvalue weighted by atomic mass is 10.2. The lowest BCUT2D eigenvalue weighted by molar-refractivity contribution is 0.415. The van der Waals surface area contributed by atoms with Gasteiger partial charge in [0.25, 0.3) is 5.56 Å². The van der Waals surface area contributed by atoms with E-state index in [4.69, 9.17) is 10.5 Å². The van der Waals surface area contributed by atoms with E-state index in [1.54, 1.807) is 7.11 Å². The summed E-state index contributed by atoms with van der Waals surface area (Å²) in [7, 11) is 1.60. The van der Waals surface area contributed by atoms with Crippen molar-refractivity contribution in [3.05, 3.63) is 46.4 Å². The van der Waals surface area contributed by atoms with E-state index in [-0.39, 0.29) is 12.1 Å². The third kappa shape index (κ3) is 2.34. The quantitative estimate of drug-likeness (QED) is 0.822. The van der Waals surface area contributed by atoms with Crippen molar-refractivity contribution in [3.63, 3.8) is 0 Å². The number of nitrogens with two attached hydrogens (primary N) is 1. The van der Waals surface area contributed by atoms with Crippen LogP contribution >= 0.6 is 0 Å². The van der Waals surface area contributed by atoms with Crippen LogP contribution in [-0.4, -0.2) is 17.1 Å². The fourth-order valence-electron chi connectivity index (χ4n) is 1.46. The second kappa shape index (κ2) is 4.80. The summed E-state index contributed by atoms with van der Waals surface area (Å²) in [5, 5.41) is 0. The molecule has 0 bridgehead atoms. The van der Waals surface area contributed by atoms with E-state index in [9.17, 15) is 4.79 Å². The molecule has 2 rings (SSSR count). The highest BCUT2D eigenvalue weighted by Crippen LogP contribution is 2.17. The Morgan fingerprint density at radius 3 is 2.59 bits per heavy atom. The van der Waals surface area contributed by atoms with Crippen LogP contribution in [0.15, 0.2) is 35.3 Å². The van der Waals surface area contributed by atoms with Crippen LogP contribution in [0.4, 0.5) is 0 Å². The van der Waals surface area contributed by atoms with Crippen molar-refractivity contribution in [1.29, 1.82) is 0 Å². The van der Waals surface area contributed by atoms with Gasteiger partial charge < -0.3 is 15.5 Å². The van der Waals surface area contributed by atoms with Crippen molar-refractivity contribution in [2.45, 2.75) is 6.54 Å². The number of ether oxygens (including phenoxy) is 1. The number of nitrogens with one attached hydrogen (secondary N) is 1. The van der Waals surface area contributed by atoms with Gasteiger partial charge in [0.15, 0.2) is 0 Å². The Morgan fingerprint density at radius 2 is 2.06 bits per heavy atom. The number of benzene rings is 1. The average molecular weight is 231 g/mol. The first-order valence-corrected chi connectivity index (χ1v) is 5.17. The number of methoxy groups -OCH3 is 1. The van der Waals surface area contributed by atoms with Crippen molar-refractivity contribution in [1.82, 2.24) is 9.97 Å². The van der Waals surface area contributed by atoms with E-state index < -0.39 is 0 Å². The highest BCUT2D eigenvalue weighted by Gasteiger charge is 2.03. The van der Waals surface area contributed by atoms with Crippen LogP contribution in [0.1, 0.15) is 5.56 Å². The van der Waals surface area contributed by atoms with E-state index in [0.717, 1.165) is 11.3 Å². The molecule has 2 aromatic rings. The van der Waals surface area contributed by atoms with Gasteiger partial charge in [-0.15, -0.1) is 0 Å². The summed E-state index contributed by atoms with van der Waals surface area (Å²) in [6.45, 7) is 0.186. The highest BCUT2D eigenvalue weighted by atomic mass is 16.5. The van der Waals surface area contributed by atoms with Crippen LogP contribution in [0.5, 0.6) is 5.75 Å². The first-order valence-electron chi connectivity index (χ1n) is 5.17. The molecule has 0 saturated carbocycles. The van der Waals surface area contributed by atoms with Gasteiger partial charge in [0.1, 0.15) is 11.6 Å². The highest BCUT2D eigenvalue weighted by molar-refractivity contribution is 5.55. The Balaban J connectivity index is 2.39. The van der Waals surface area contributed by atoms with Gasteiger partial charge in [0, 0.05) is 23.9 Å². The number of hydrogen-bond acceptors (Lipinski definition) is 4. The molecular weight excluding hydrogens is 218 g/mol. The van der Waals surface area contributed by atoms with Crippen LogP contribution in [0.25, 0.3) is 11.4 Å². The summed E-state index contributed by atoms with van der Waals surface area (Å²) in [5.74, 6) is 1.28. The predicted octanol–water partition coefficient (Wildman–Crippen LogP) is 0.904. The minimum Gasteiger partial charge on any atom is -0.497 e. The fourth-order valence-corrected chi connectivity index (χ4v) is 1.46. The normalized spacial score (nSPS) is 10.2. The van der Waals surface area contributed by atoms with E-state index in [1.165, 1.54) is 6.20 Å². The SMILES string of the molecule is COc1ccc(-c2ncc(CN)c(=O)[nH]2)cc1. The summed E-state index contributed by atoms with van der Waals surface area (Å²) in [6, 6.07) is 7.29. The third-order valence-electron chi connectivity index (χ3n) is 2.46. The molecule has 0 unspecified atom stereocenters. The molecule has 1 aromatic carbocycles. The number of H-pyrrole nitrogens is 1. The molecule has 5 heteroatoms. The fraction of sp³-hybridized carbons (Fsp3) is 0.167. The Bertz CT molecular complexity index is 561. The van der Waals surface area contributed by atoms with Crippen LogP contribution in [0.2, 0.25) is 0 Å². The molecule has 1 aromatic heterocycles. The molecule has 0 amide bonds. The van der Waals surface area contributed by atoms with Crippen molar-refractivity contribution in [2.75, 3.05) is 7.11 Å². The van der Waals surface area contributed by atoms with Crippen LogP contribution in [0, 0.1) is 0 Å². The van der Waals surface area contributed by atoms with Crippen LogP contribution in [0.3, 0.4) is 0 Å². The monoisotopic (exact) mass is 231 g/mol. The summed E-state index contributed by atoms with van der Waals surface area (Å²) < 4.78 is 5.06. The average Bonchev–Trinajstić information content (AvgIpc) is 2.39. The maximum Gasteiger partial charge on any atom is 0.255 e. The number of nitrogens with zero attached hydrogens (tertiary/aromatic N) is 1. The molecule has 88 valence electrons. The molecule has 1 heterocycles. The molecule has 17 heavy (non-hydrogen) atoms. The number of aromatic amines is 1. The minimum absolute atomic E-state index is 0.186.